The number of carboxylic acid groups (broad SMARTS) is 1. The van der Waals surface area contributed by atoms with Crippen molar-refractivity contribution < 1.29 is 19.4 Å². The quantitative estimate of drug-likeness (QED) is 0.165. The summed E-state index contributed by atoms with van der Waals surface area (Å²) in [6.07, 6.45) is 0.382. The summed E-state index contributed by atoms with van der Waals surface area (Å²) in [6.45, 7) is 10.1. The first-order valence-corrected chi connectivity index (χ1v) is 16.4. The number of hydrogen-bond donors (Lipinski definition) is 1. The minimum atomic E-state index is -1.25. The monoisotopic (exact) mass is 617 g/mol. The van der Waals surface area contributed by atoms with E-state index in [9.17, 15) is 9.90 Å². The molecule has 9 heteroatoms. The van der Waals surface area contributed by atoms with E-state index in [1.807, 2.05) is 44.2 Å². The molecular weight excluding hydrogens is 579 g/mol. The van der Waals surface area contributed by atoms with Crippen LogP contribution in [0.2, 0.25) is 0 Å². The van der Waals surface area contributed by atoms with Crippen LogP contribution in [-0.4, -0.2) is 59.8 Å². The lowest BCUT2D eigenvalue weighted by Gasteiger charge is -2.36. The number of methoxy groups -OCH3 is 1. The molecule has 1 aliphatic rings. The molecule has 3 aromatic carbocycles. The summed E-state index contributed by atoms with van der Waals surface area (Å²) in [7, 11) is 1.70. The number of piperazine rings is 1. The Kier molecular flexibility index (Phi) is 9.95. The van der Waals surface area contributed by atoms with Gasteiger partial charge < -0.3 is 19.5 Å². The van der Waals surface area contributed by atoms with E-state index < -0.39 is 11.6 Å². The number of aryl methyl sites for hydroxylation is 1. The van der Waals surface area contributed by atoms with Gasteiger partial charge in [0, 0.05) is 59.5 Å². The van der Waals surface area contributed by atoms with Crippen molar-refractivity contribution in [1.29, 1.82) is 0 Å². The standard InChI is InChI=1S/C34H39N3O4S2/c1-5-34(3,33(38)39)41-30-16-15-28(21-24(30)2)42-23-31-29(35-32(43-31)25-9-7-6-8-10-25)22-36-17-19-37(20-18-36)26-11-13-27(40-4)14-12-26/h6-16,21H,5,17-20,22-23H2,1-4H3,(H,38,39). The lowest BCUT2D eigenvalue weighted by Crippen LogP contribution is -2.46. The number of benzene rings is 3. The highest BCUT2D eigenvalue weighted by Crippen LogP contribution is 2.36. The number of aromatic nitrogens is 1. The number of thiazole rings is 1. The number of aliphatic carboxylic acids is 1. The van der Waals surface area contributed by atoms with Gasteiger partial charge in [0.05, 0.1) is 12.8 Å². The minimum Gasteiger partial charge on any atom is -0.497 e. The fraction of sp³-hybridized carbons (Fsp3) is 0.353. The van der Waals surface area contributed by atoms with Crippen LogP contribution in [0.25, 0.3) is 10.6 Å². The third-order valence-corrected chi connectivity index (χ3v) is 10.3. The molecule has 1 aromatic heterocycles. The van der Waals surface area contributed by atoms with Gasteiger partial charge in [-0.3, -0.25) is 4.90 Å². The average molecular weight is 618 g/mol. The second kappa shape index (κ2) is 13.8. The molecule has 0 spiro atoms. The van der Waals surface area contributed by atoms with Gasteiger partial charge in [-0.2, -0.15) is 0 Å². The fourth-order valence-corrected chi connectivity index (χ4v) is 7.15. The molecule has 1 aliphatic heterocycles. The van der Waals surface area contributed by atoms with Gasteiger partial charge in [-0.05, 0) is 68.3 Å². The van der Waals surface area contributed by atoms with Crippen molar-refractivity contribution >= 4 is 34.8 Å². The molecule has 0 bridgehead atoms. The van der Waals surface area contributed by atoms with Crippen LogP contribution in [0.5, 0.6) is 11.5 Å². The van der Waals surface area contributed by atoms with Gasteiger partial charge in [0.15, 0.2) is 0 Å². The summed E-state index contributed by atoms with van der Waals surface area (Å²) in [5, 5.41) is 10.7. The number of anilines is 1. The Morgan fingerprint density at radius 2 is 1.77 bits per heavy atom. The second-order valence-corrected chi connectivity index (χ2v) is 13.1. The van der Waals surface area contributed by atoms with Crippen LogP contribution >= 0.6 is 23.1 Å². The van der Waals surface area contributed by atoms with Crippen LogP contribution < -0.4 is 14.4 Å². The van der Waals surface area contributed by atoms with E-state index in [2.05, 4.69) is 52.3 Å². The van der Waals surface area contributed by atoms with Crippen LogP contribution in [0.3, 0.4) is 0 Å². The molecule has 1 fully saturated rings. The van der Waals surface area contributed by atoms with Crippen LogP contribution in [0, 0.1) is 6.92 Å². The van der Waals surface area contributed by atoms with E-state index in [0.29, 0.717) is 12.2 Å². The molecule has 226 valence electrons. The number of thioether (sulfide) groups is 1. The van der Waals surface area contributed by atoms with Gasteiger partial charge >= 0.3 is 5.97 Å². The molecule has 0 radical (unpaired) electrons. The summed E-state index contributed by atoms with van der Waals surface area (Å²) in [5.74, 6) is 1.34. The molecule has 1 saturated heterocycles. The number of rotatable bonds is 12. The fourth-order valence-electron chi connectivity index (χ4n) is 4.98. The molecule has 5 rings (SSSR count). The Hall–Kier alpha value is -3.53. The molecular formula is C34H39N3O4S2. The maximum Gasteiger partial charge on any atom is 0.347 e. The molecule has 2 heterocycles. The van der Waals surface area contributed by atoms with E-state index in [1.54, 1.807) is 37.1 Å². The topological polar surface area (TPSA) is 75.1 Å². The molecule has 43 heavy (non-hydrogen) atoms. The molecule has 0 aliphatic carbocycles. The highest BCUT2D eigenvalue weighted by molar-refractivity contribution is 7.98. The average Bonchev–Trinajstić information content (AvgIpc) is 3.44. The van der Waals surface area contributed by atoms with Gasteiger partial charge in [-0.15, -0.1) is 23.1 Å². The minimum absolute atomic E-state index is 0.382. The van der Waals surface area contributed by atoms with Gasteiger partial charge in [0.2, 0.25) is 5.60 Å². The zero-order valence-electron chi connectivity index (χ0n) is 25.2. The SMILES string of the molecule is CCC(C)(Oc1ccc(SCc2sc(-c3ccccc3)nc2CN2CCN(c3ccc(OC)cc3)CC2)cc1C)C(=O)O. The largest absolute Gasteiger partial charge is 0.497 e. The first kappa shape index (κ1) is 30.9. The van der Waals surface area contributed by atoms with Crippen molar-refractivity contribution in [3.8, 4) is 22.1 Å². The predicted molar refractivity (Wildman–Crippen MR) is 176 cm³/mol. The zero-order valence-corrected chi connectivity index (χ0v) is 26.8. The van der Waals surface area contributed by atoms with Crippen LogP contribution in [0.4, 0.5) is 5.69 Å². The van der Waals surface area contributed by atoms with Gasteiger partial charge in [0.1, 0.15) is 16.5 Å². The molecule has 1 unspecified atom stereocenters. The lowest BCUT2D eigenvalue weighted by molar-refractivity contribution is -0.154. The normalized spacial score (nSPS) is 15.2. The van der Waals surface area contributed by atoms with Crippen molar-refractivity contribution in [2.45, 2.75) is 50.0 Å². The lowest BCUT2D eigenvalue weighted by atomic mass is 10.0. The summed E-state index contributed by atoms with van der Waals surface area (Å²) in [5.41, 5.74) is 3.20. The van der Waals surface area contributed by atoms with Gasteiger partial charge in [-0.1, -0.05) is 37.3 Å². The van der Waals surface area contributed by atoms with Crippen molar-refractivity contribution in [1.82, 2.24) is 9.88 Å². The molecule has 0 saturated carbocycles. The maximum atomic E-state index is 11.7. The van der Waals surface area contributed by atoms with Crippen molar-refractivity contribution in [3.05, 3.63) is 88.9 Å². The van der Waals surface area contributed by atoms with Crippen molar-refractivity contribution in [2.75, 3.05) is 38.2 Å². The Balaban J connectivity index is 1.27. The first-order chi connectivity index (χ1) is 20.8. The van der Waals surface area contributed by atoms with E-state index in [0.717, 1.165) is 71.0 Å². The Morgan fingerprint density at radius 1 is 1.05 bits per heavy atom. The van der Waals surface area contributed by atoms with E-state index in [1.165, 1.54) is 10.6 Å². The number of ether oxygens (including phenoxy) is 2. The summed E-state index contributed by atoms with van der Waals surface area (Å²) in [6, 6.07) is 24.7. The Labute approximate surface area is 262 Å². The summed E-state index contributed by atoms with van der Waals surface area (Å²) >= 11 is 3.55. The summed E-state index contributed by atoms with van der Waals surface area (Å²) < 4.78 is 11.2. The highest BCUT2D eigenvalue weighted by atomic mass is 32.2. The number of carboxylic acids is 1. The van der Waals surface area contributed by atoms with E-state index >= 15 is 0 Å². The van der Waals surface area contributed by atoms with Crippen LogP contribution in [0.1, 0.15) is 36.4 Å². The Bertz CT molecular complexity index is 1520. The maximum absolute atomic E-state index is 11.7. The highest BCUT2D eigenvalue weighted by Gasteiger charge is 2.34. The van der Waals surface area contributed by atoms with Crippen molar-refractivity contribution in [2.24, 2.45) is 0 Å². The second-order valence-electron chi connectivity index (χ2n) is 10.9. The van der Waals surface area contributed by atoms with E-state index in [4.69, 9.17) is 14.5 Å². The molecule has 1 N–H and O–H groups in total. The van der Waals surface area contributed by atoms with Gasteiger partial charge in [-0.25, -0.2) is 9.78 Å². The molecule has 0 amide bonds. The van der Waals surface area contributed by atoms with E-state index in [-0.39, 0.29) is 0 Å². The van der Waals surface area contributed by atoms with Crippen LogP contribution in [-0.2, 0) is 17.1 Å². The first-order valence-electron chi connectivity index (χ1n) is 14.6. The van der Waals surface area contributed by atoms with Crippen molar-refractivity contribution in [3.63, 3.8) is 0 Å². The Morgan fingerprint density at radius 3 is 2.40 bits per heavy atom. The number of carbonyl (C=O) groups is 1. The predicted octanol–water partition coefficient (Wildman–Crippen LogP) is 7.37. The third kappa shape index (κ3) is 7.52. The molecule has 1 atom stereocenters. The number of hydrogen-bond acceptors (Lipinski definition) is 8. The zero-order chi connectivity index (χ0) is 30.4. The molecule has 7 nitrogen and oxygen atoms in total. The number of nitrogens with zero attached hydrogens (tertiary/aromatic N) is 3. The van der Waals surface area contributed by atoms with Gasteiger partial charge in [0.25, 0.3) is 0 Å². The smallest absolute Gasteiger partial charge is 0.347 e. The van der Waals surface area contributed by atoms with Crippen LogP contribution in [0.15, 0.2) is 77.7 Å². The third-order valence-electron chi connectivity index (χ3n) is 7.96. The molecule has 4 aromatic rings. The summed E-state index contributed by atoms with van der Waals surface area (Å²) in [4.78, 5) is 24.2.